The van der Waals surface area contributed by atoms with E-state index in [-0.39, 0.29) is 31.1 Å². The highest BCUT2D eigenvalue weighted by atomic mass is 16.6. The highest BCUT2D eigenvalue weighted by molar-refractivity contribution is 5.71. The van der Waals surface area contributed by atoms with E-state index in [9.17, 15) is 14.4 Å². The predicted octanol–water partition coefficient (Wildman–Crippen LogP) is 24.4. The minimum atomic E-state index is -0.781. The summed E-state index contributed by atoms with van der Waals surface area (Å²) < 4.78 is 16.9. The summed E-state index contributed by atoms with van der Waals surface area (Å²) >= 11 is 0. The van der Waals surface area contributed by atoms with Gasteiger partial charge in [-0.25, -0.2) is 0 Å². The molecule has 0 saturated heterocycles. The molecule has 0 amide bonds. The first-order chi connectivity index (χ1) is 40.5. The minimum Gasteiger partial charge on any atom is -0.462 e. The van der Waals surface area contributed by atoms with E-state index in [0.29, 0.717) is 19.3 Å². The third-order valence-electron chi connectivity index (χ3n) is 15.3. The van der Waals surface area contributed by atoms with Gasteiger partial charge in [0.15, 0.2) is 6.10 Å². The van der Waals surface area contributed by atoms with E-state index < -0.39 is 6.10 Å². The Kier molecular flexibility index (Phi) is 66.7. The lowest BCUT2D eigenvalue weighted by molar-refractivity contribution is -0.167. The summed E-state index contributed by atoms with van der Waals surface area (Å²) in [5.74, 6) is -0.878. The van der Waals surface area contributed by atoms with Crippen LogP contribution < -0.4 is 0 Å². The molecule has 0 aromatic heterocycles. The molecule has 0 aliphatic carbocycles. The van der Waals surface area contributed by atoms with Crippen LogP contribution in [0, 0.1) is 0 Å². The summed E-state index contributed by atoms with van der Waals surface area (Å²) in [7, 11) is 0. The Hall–Kier alpha value is -3.67. The number of esters is 3. The second-order valence-corrected chi connectivity index (χ2v) is 23.4. The van der Waals surface area contributed by atoms with Crippen LogP contribution in [0.3, 0.4) is 0 Å². The van der Waals surface area contributed by atoms with Crippen molar-refractivity contribution in [2.45, 2.75) is 354 Å². The summed E-state index contributed by atoms with van der Waals surface area (Å²) in [5, 5.41) is 0. The summed E-state index contributed by atoms with van der Waals surface area (Å²) in [6.45, 7) is 6.47. The maximum atomic E-state index is 12.9. The fourth-order valence-electron chi connectivity index (χ4n) is 10.0. The number of carbonyl (C=O) groups excluding carboxylic acids is 3. The second-order valence-electron chi connectivity index (χ2n) is 23.4. The van der Waals surface area contributed by atoms with Crippen LogP contribution in [0.15, 0.2) is 97.2 Å². The van der Waals surface area contributed by atoms with Crippen LogP contribution in [0.4, 0.5) is 0 Å². The van der Waals surface area contributed by atoms with Crippen LogP contribution in [-0.2, 0) is 28.6 Å². The smallest absolute Gasteiger partial charge is 0.306 e. The molecule has 0 N–H and O–H groups in total. The highest BCUT2D eigenvalue weighted by Gasteiger charge is 2.19. The Bertz CT molecular complexity index is 1590. The lowest BCUT2D eigenvalue weighted by atomic mass is 10.0. The Morgan fingerprint density at radius 2 is 0.500 bits per heavy atom. The number of unbranched alkanes of at least 4 members (excludes halogenated alkanes) is 37. The van der Waals surface area contributed by atoms with E-state index in [2.05, 4.69) is 118 Å². The van der Waals surface area contributed by atoms with Crippen molar-refractivity contribution >= 4 is 17.9 Å². The predicted molar refractivity (Wildman–Crippen MR) is 357 cm³/mol. The zero-order valence-electron chi connectivity index (χ0n) is 54.2. The minimum absolute atomic E-state index is 0.0777. The molecule has 0 saturated carbocycles. The molecule has 0 fully saturated rings. The van der Waals surface area contributed by atoms with Crippen LogP contribution in [0.25, 0.3) is 0 Å². The van der Waals surface area contributed by atoms with Crippen molar-refractivity contribution in [1.82, 2.24) is 0 Å². The monoisotopic (exact) mass is 1140 g/mol. The number of allylic oxidation sites excluding steroid dienone is 16. The summed E-state index contributed by atoms with van der Waals surface area (Å²) in [4.78, 5) is 38.3. The average molecular weight is 1140 g/mol. The molecule has 0 spiro atoms. The molecule has 82 heavy (non-hydrogen) atoms. The third-order valence-corrected chi connectivity index (χ3v) is 15.3. The van der Waals surface area contributed by atoms with Crippen LogP contribution in [0.5, 0.6) is 0 Å². The van der Waals surface area contributed by atoms with Gasteiger partial charge in [0.2, 0.25) is 0 Å². The number of rotatable bonds is 64. The van der Waals surface area contributed by atoms with Crippen molar-refractivity contribution < 1.29 is 28.6 Å². The normalized spacial score (nSPS) is 12.7. The maximum Gasteiger partial charge on any atom is 0.306 e. The van der Waals surface area contributed by atoms with Gasteiger partial charge in [-0.05, 0) is 116 Å². The Labute approximate surface area is 508 Å². The van der Waals surface area contributed by atoms with Gasteiger partial charge in [-0.15, -0.1) is 0 Å². The van der Waals surface area contributed by atoms with E-state index in [1.54, 1.807) is 0 Å². The number of ether oxygens (including phenoxy) is 3. The first-order valence-corrected chi connectivity index (χ1v) is 35.2. The topological polar surface area (TPSA) is 78.9 Å². The van der Waals surface area contributed by atoms with Crippen LogP contribution in [0.1, 0.15) is 348 Å². The zero-order valence-corrected chi connectivity index (χ0v) is 54.2. The Balaban J connectivity index is 4.08. The summed E-state index contributed by atoms with van der Waals surface area (Å²) in [5.41, 5.74) is 0. The molecule has 0 aromatic rings. The van der Waals surface area contributed by atoms with Crippen molar-refractivity contribution in [2.75, 3.05) is 13.2 Å². The maximum absolute atomic E-state index is 12.9. The van der Waals surface area contributed by atoms with Gasteiger partial charge in [-0.2, -0.15) is 0 Å². The standard InChI is InChI=1S/C76H132O6/c1-4-7-10-13-16-19-22-24-26-28-30-31-32-33-34-35-36-37-38-39-40-41-42-43-44-45-47-48-50-52-54-57-60-63-66-69-75(78)81-72-73(71-80-74(77)68-65-62-59-56-21-18-15-12-9-6-3)82-76(79)70-67-64-61-58-55-53-51-49-46-29-27-25-23-20-17-14-11-8-5-2/h7,10,12,15-17,19-20,24-27,30-31,33-34,73H,4-6,8-9,11,13-14,18,21-23,28-29,32,35-72H2,1-3H3/b10-7-,15-12-,19-16-,20-17-,26-24-,27-25-,31-30-,34-33-. The fourth-order valence-corrected chi connectivity index (χ4v) is 10.0. The van der Waals surface area contributed by atoms with Crippen LogP contribution >= 0.6 is 0 Å². The van der Waals surface area contributed by atoms with Gasteiger partial charge in [-0.3, -0.25) is 14.4 Å². The second kappa shape index (κ2) is 69.8. The van der Waals surface area contributed by atoms with Crippen molar-refractivity contribution in [2.24, 2.45) is 0 Å². The number of carbonyl (C=O) groups is 3. The number of hydrogen-bond acceptors (Lipinski definition) is 6. The molecule has 1 atom stereocenters. The van der Waals surface area contributed by atoms with Gasteiger partial charge < -0.3 is 14.2 Å². The van der Waals surface area contributed by atoms with Gasteiger partial charge >= 0.3 is 17.9 Å². The van der Waals surface area contributed by atoms with Gasteiger partial charge in [0.25, 0.3) is 0 Å². The first kappa shape index (κ1) is 78.3. The molecular weight excluding hydrogens is 1010 g/mol. The van der Waals surface area contributed by atoms with E-state index in [4.69, 9.17) is 14.2 Å². The Morgan fingerprint density at radius 3 is 0.805 bits per heavy atom. The first-order valence-electron chi connectivity index (χ1n) is 35.2. The quantitative estimate of drug-likeness (QED) is 0.0261. The lowest BCUT2D eigenvalue weighted by Gasteiger charge is -2.18. The molecular formula is C76H132O6. The molecule has 6 heteroatoms. The van der Waals surface area contributed by atoms with Crippen molar-refractivity contribution in [1.29, 1.82) is 0 Å². The molecule has 6 nitrogen and oxygen atoms in total. The molecule has 472 valence electrons. The van der Waals surface area contributed by atoms with Crippen molar-refractivity contribution in [3.05, 3.63) is 97.2 Å². The molecule has 0 radical (unpaired) electrons. The zero-order chi connectivity index (χ0) is 59.2. The molecule has 0 bridgehead atoms. The summed E-state index contributed by atoms with van der Waals surface area (Å²) in [6.07, 6.45) is 94.5. The molecule has 0 aliphatic heterocycles. The largest absolute Gasteiger partial charge is 0.462 e. The Morgan fingerprint density at radius 1 is 0.256 bits per heavy atom. The van der Waals surface area contributed by atoms with Gasteiger partial charge in [0.05, 0.1) is 0 Å². The fraction of sp³-hybridized carbons (Fsp3) is 0.750. The number of hydrogen-bond donors (Lipinski definition) is 0. The third kappa shape index (κ3) is 67.1. The molecule has 0 heterocycles. The average Bonchev–Trinajstić information content (AvgIpc) is 3.48. The van der Waals surface area contributed by atoms with E-state index in [1.807, 2.05) is 0 Å². The molecule has 0 aliphatic rings. The van der Waals surface area contributed by atoms with Crippen LogP contribution in [-0.4, -0.2) is 37.2 Å². The molecule has 0 aromatic carbocycles. The van der Waals surface area contributed by atoms with E-state index in [1.165, 1.54) is 199 Å². The SMILES string of the molecule is CC/C=C\C/C=C\C/C=C\C/C=C\C/C=C\CCCCCCCCCCCCCCCCCCCCCC(=O)OCC(COC(=O)CCCCCCC/C=C\CCC)OC(=O)CCCCCCCCCCC/C=C\C/C=C\CCCCC. The molecule has 1 unspecified atom stereocenters. The van der Waals surface area contributed by atoms with E-state index >= 15 is 0 Å². The van der Waals surface area contributed by atoms with Crippen molar-refractivity contribution in [3.8, 4) is 0 Å². The van der Waals surface area contributed by atoms with E-state index in [0.717, 1.165) is 109 Å². The van der Waals surface area contributed by atoms with Crippen LogP contribution in [0.2, 0.25) is 0 Å². The molecule has 0 rings (SSSR count). The van der Waals surface area contributed by atoms with Gasteiger partial charge in [0.1, 0.15) is 13.2 Å². The summed E-state index contributed by atoms with van der Waals surface area (Å²) in [6, 6.07) is 0. The lowest BCUT2D eigenvalue weighted by Crippen LogP contribution is -2.30. The van der Waals surface area contributed by atoms with Gasteiger partial charge in [0, 0.05) is 19.3 Å². The van der Waals surface area contributed by atoms with Crippen molar-refractivity contribution in [3.63, 3.8) is 0 Å². The van der Waals surface area contributed by atoms with Gasteiger partial charge in [-0.1, -0.05) is 311 Å². The highest BCUT2D eigenvalue weighted by Crippen LogP contribution is 2.17.